The lowest BCUT2D eigenvalue weighted by Crippen LogP contribution is -2.41. The van der Waals surface area contributed by atoms with E-state index in [-0.39, 0.29) is 36.0 Å². The zero-order valence-corrected chi connectivity index (χ0v) is 36.0. The summed E-state index contributed by atoms with van der Waals surface area (Å²) in [4.78, 5) is 42.5. The first kappa shape index (κ1) is 43.7. The van der Waals surface area contributed by atoms with Crippen molar-refractivity contribution in [1.29, 1.82) is 0 Å². The van der Waals surface area contributed by atoms with Crippen LogP contribution in [-0.2, 0) is 44.1 Å². The van der Waals surface area contributed by atoms with Gasteiger partial charge in [0, 0.05) is 18.8 Å². The SMILES string of the molecule is COC(=O)c1cccc(-c2cc(CN(C(=O)CN(C)S(=O)(=O)c3ccc(C)cc3)c3ccc(C(=O)OCc4ccccc4)c(OCc4ccccc4)c3)ccc2-c2ccccc2)c1. The molecule has 0 heterocycles. The van der Waals surface area contributed by atoms with Crippen LogP contribution in [0.4, 0.5) is 5.69 Å². The van der Waals surface area contributed by atoms with Crippen molar-refractivity contribution < 1.29 is 37.0 Å². The maximum atomic E-state index is 14.7. The molecule has 0 fully saturated rings. The number of carbonyl (C=O) groups excluding carboxylic acids is 3. The zero-order valence-electron chi connectivity index (χ0n) is 35.1. The molecule has 10 nitrogen and oxygen atoms in total. The third kappa shape index (κ3) is 10.8. The van der Waals surface area contributed by atoms with Gasteiger partial charge in [-0.1, -0.05) is 133 Å². The fourth-order valence-corrected chi connectivity index (χ4v) is 8.11. The molecule has 0 radical (unpaired) electrons. The third-order valence-electron chi connectivity index (χ3n) is 10.4. The predicted octanol–water partition coefficient (Wildman–Crippen LogP) is 9.91. The van der Waals surface area contributed by atoms with E-state index in [0.29, 0.717) is 16.8 Å². The molecular weight excluding hydrogens is 813 g/mol. The van der Waals surface area contributed by atoms with Gasteiger partial charge in [0.1, 0.15) is 24.5 Å². The summed E-state index contributed by atoms with van der Waals surface area (Å²) in [5, 5.41) is 0. The van der Waals surface area contributed by atoms with Gasteiger partial charge in [0.25, 0.3) is 0 Å². The maximum Gasteiger partial charge on any atom is 0.342 e. The van der Waals surface area contributed by atoms with Crippen molar-refractivity contribution in [2.24, 2.45) is 0 Å². The van der Waals surface area contributed by atoms with Gasteiger partial charge < -0.3 is 19.1 Å². The largest absolute Gasteiger partial charge is 0.488 e. The van der Waals surface area contributed by atoms with Crippen LogP contribution in [0.3, 0.4) is 0 Å². The van der Waals surface area contributed by atoms with E-state index in [4.69, 9.17) is 14.2 Å². The number of hydrogen-bond donors (Lipinski definition) is 0. The van der Waals surface area contributed by atoms with Crippen LogP contribution in [0.25, 0.3) is 22.3 Å². The molecular formula is C52H46N2O8S. The number of hydrogen-bond acceptors (Lipinski definition) is 8. The number of benzene rings is 7. The number of amides is 1. The van der Waals surface area contributed by atoms with Gasteiger partial charge in [-0.25, -0.2) is 18.0 Å². The molecule has 0 saturated carbocycles. The maximum absolute atomic E-state index is 14.7. The first-order chi connectivity index (χ1) is 30.5. The Labute approximate surface area is 368 Å². The molecule has 7 aromatic carbocycles. The minimum Gasteiger partial charge on any atom is -0.488 e. The highest BCUT2D eigenvalue weighted by Gasteiger charge is 2.28. The van der Waals surface area contributed by atoms with E-state index >= 15 is 0 Å². The lowest BCUT2D eigenvalue weighted by atomic mass is 9.92. The Kier molecular flexibility index (Phi) is 13.9. The number of esters is 2. The van der Waals surface area contributed by atoms with Crippen molar-refractivity contribution in [2.45, 2.75) is 31.6 Å². The second-order valence-electron chi connectivity index (χ2n) is 14.9. The minimum absolute atomic E-state index is 0.00800. The van der Waals surface area contributed by atoms with E-state index in [1.54, 1.807) is 48.5 Å². The normalized spacial score (nSPS) is 11.2. The Balaban J connectivity index is 1.30. The number of methoxy groups -OCH3 is 1. The molecule has 318 valence electrons. The molecule has 63 heavy (non-hydrogen) atoms. The highest BCUT2D eigenvalue weighted by molar-refractivity contribution is 7.89. The fraction of sp³-hybridized carbons (Fsp3) is 0.135. The molecule has 0 atom stereocenters. The summed E-state index contributed by atoms with van der Waals surface area (Å²) in [6.07, 6.45) is 0. The second-order valence-corrected chi connectivity index (χ2v) is 16.9. The summed E-state index contributed by atoms with van der Waals surface area (Å²) in [6.45, 7) is 1.50. The van der Waals surface area contributed by atoms with E-state index in [9.17, 15) is 22.8 Å². The van der Waals surface area contributed by atoms with Crippen molar-refractivity contribution in [1.82, 2.24) is 4.31 Å². The molecule has 0 aliphatic rings. The predicted molar refractivity (Wildman–Crippen MR) is 244 cm³/mol. The van der Waals surface area contributed by atoms with Crippen LogP contribution in [0, 0.1) is 6.92 Å². The smallest absolute Gasteiger partial charge is 0.342 e. The van der Waals surface area contributed by atoms with E-state index in [2.05, 4.69) is 0 Å². The van der Waals surface area contributed by atoms with Crippen LogP contribution in [0.5, 0.6) is 5.75 Å². The third-order valence-corrected chi connectivity index (χ3v) is 12.3. The fourth-order valence-electron chi connectivity index (χ4n) is 6.99. The molecule has 0 N–H and O–H groups in total. The number of nitrogens with zero attached hydrogens (tertiary/aromatic N) is 2. The van der Waals surface area contributed by atoms with Crippen LogP contribution in [0.15, 0.2) is 181 Å². The average molecular weight is 859 g/mol. The lowest BCUT2D eigenvalue weighted by molar-refractivity contribution is -0.118. The number of rotatable bonds is 16. The van der Waals surface area contributed by atoms with Gasteiger partial charge in [0.2, 0.25) is 15.9 Å². The second kappa shape index (κ2) is 20.0. The first-order valence-corrected chi connectivity index (χ1v) is 21.7. The van der Waals surface area contributed by atoms with Gasteiger partial charge in [-0.3, -0.25) is 4.79 Å². The number of likely N-dealkylation sites (N-methyl/N-ethyl adjacent to an activating group) is 1. The van der Waals surface area contributed by atoms with Gasteiger partial charge in [0.05, 0.1) is 30.7 Å². The Morgan fingerprint density at radius 2 is 1.22 bits per heavy atom. The van der Waals surface area contributed by atoms with Crippen molar-refractivity contribution in [3.63, 3.8) is 0 Å². The van der Waals surface area contributed by atoms with Crippen molar-refractivity contribution in [2.75, 3.05) is 25.6 Å². The van der Waals surface area contributed by atoms with Crippen molar-refractivity contribution >= 4 is 33.6 Å². The Morgan fingerprint density at radius 3 is 1.89 bits per heavy atom. The van der Waals surface area contributed by atoms with Gasteiger partial charge in [-0.2, -0.15) is 4.31 Å². The van der Waals surface area contributed by atoms with Crippen LogP contribution < -0.4 is 9.64 Å². The highest BCUT2D eigenvalue weighted by Crippen LogP contribution is 2.35. The summed E-state index contributed by atoms with van der Waals surface area (Å²) in [7, 11) is -1.36. The Bertz CT molecular complexity index is 2820. The van der Waals surface area contributed by atoms with E-state index in [1.807, 2.05) is 122 Å². The summed E-state index contributed by atoms with van der Waals surface area (Å²) in [6, 6.07) is 52.7. The number of ether oxygens (including phenoxy) is 3. The lowest BCUT2D eigenvalue weighted by Gasteiger charge is -2.27. The zero-order chi connectivity index (χ0) is 44.3. The van der Waals surface area contributed by atoms with Crippen LogP contribution in [0.2, 0.25) is 0 Å². The van der Waals surface area contributed by atoms with Crippen LogP contribution >= 0.6 is 0 Å². The Morgan fingerprint density at radius 1 is 0.587 bits per heavy atom. The summed E-state index contributed by atoms with van der Waals surface area (Å²) in [5.74, 6) is -1.46. The number of carbonyl (C=O) groups is 3. The van der Waals surface area contributed by atoms with E-state index in [1.165, 1.54) is 31.2 Å². The van der Waals surface area contributed by atoms with Gasteiger partial charge >= 0.3 is 11.9 Å². The first-order valence-electron chi connectivity index (χ1n) is 20.2. The minimum atomic E-state index is -4.06. The average Bonchev–Trinajstić information content (AvgIpc) is 3.32. The molecule has 0 saturated heterocycles. The van der Waals surface area contributed by atoms with Crippen molar-refractivity contribution in [3.05, 3.63) is 209 Å². The van der Waals surface area contributed by atoms with E-state index in [0.717, 1.165) is 43.2 Å². The van der Waals surface area contributed by atoms with Crippen LogP contribution in [-0.4, -0.2) is 51.3 Å². The molecule has 0 aromatic heterocycles. The molecule has 0 aliphatic carbocycles. The standard InChI is InChI=1S/C52H46N2O8S/c1-37-22-26-45(27-23-37)63(58,59)53(2)34-50(55)54(33-40-24-28-46(41-18-11-6-12-19-41)48(30-40)42-20-13-21-43(31-42)51(56)60-3)44-25-29-47(52(57)62-36-39-16-9-5-10-17-39)49(32-44)61-35-38-14-7-4-8-15-38/h4-32H,33-36H2,1-3H3. The highest BCUT2D eigenvalue weighted by atomic mass is 32.2. The summed E-state index contributed by atoms with van der Waals surface area (Å²) >= 11 is 0. The van der Waals surface area contributed by atoms with Crippen molar-refractivity contribution in [3.8, 4) is 28.0 Å². The molecule has 1 amide bonds. The molecule has 7 aromatic rings. The van der Waals surface area contributed by atoms with Gasteiger partial charge in [0.15, 0.2) is 0 Å². The number of anilines is 1. The van der Waals surface area contributed by atoms with Gasteiger partial charge in [-0.05, 0) is 88.3 Å². The van der Waals surface area contributed by atoms with Crippen LogP contribution in [0.1, 0.15) is 43.0 Å². The number of aryl methyl sites for hydroxylation is 1. The topological polar surface area (TPSA) is 120 Å². The molecule has 0 aliphatic heterocycles. The molecule has 0 spiro atoms. The molecule has 0 bridgehead atoms. The number of sulfonamides is 1. The summed E-state index contributed by atoms with van der Waals surface area (Å²) < 4.78 is 45.6. The monoisotopic (exact) mass is 858 g/mol. The molecule has 7 rings (SSSR count). The Hall–Kier alpha value is -7.34. The summed E-state index contributed by atoms with van der Waals surface area (Å²) in [5.41, 5.74) is 7.49. The quantitative estimate of drug-likeness (QED) is 0.0882. The molecule has 0 unspecified atom stereocenters. The van der Waals surface area contributed by atoms with Gasteiger partial charge in [-0.15, -0.1) is 0 Å². The van der Waals surface area contributed by atoms with E-state index < -0.39 is 34.4 Å². The molecule has 11 heteroatoms.